The number of hydrogen-bond donors (Lipinski definition) is 1. The Morgan fingerprint density at radius 2 is 2.15 bits per heavy atom. The van der Waals surface area contributed by atoms with Crippen LogP contribution in [0, 0.1) is 5.92 Å². The molecule has 1 atom stereocenters. The molecule has 0 unspecified atom stereocenters. The second kappa shape index (κ2) is 4.04. The van der Waals surface area contributed by atoms with Gasteiger partial charge in [0.1, 0.15) is 0 Å². The molecule has 1 N–H and O–H groups in total. The van der Waals surface area contributed by atoms with Crippen molar-refractivity contribution in [3.05, 3.63) is 23.5 Å². The summed E-state index contributed by atoms with van der Waals surface area (Å²) in [5, 5.41) is 14.5. The van der Waals surface area contributed by atoms with Crippen LogP contribution in [0.15, 0.2) is 12.3 Å². The first-order valence-corrected chi connectivity index (χ1v) is 7.26. The minimum atomic E-state index is -0.891. The fraction of sp³-hybridized carbons (Fsp3) is 0.533. The highest BCUT2D eigenvalue weighted by Gasteiger charge is 2.32. The van der Waals surface area contributed by atoms with Gasteiger partial charge in [-0.1, -0.05) is 0 Å². The number of rotatable bonds is 4. The molecule has 0 bridgehead atoms. The number of pyridine rings is 1. The highest BCUT2D eigenvalue weighted by Crippen LogP contribution is 2.42. The maximum Gasteiger partial charge on any atom is 0.336 e. The molecule has 2 aliphatic carbocycles. The molecule has 20 heavy (non-hydrogen) atoms. The third-order valence-corrected chi connectivity index (χ3v) is 4.50. The molecule has 2 saturated carbocycles. The summed E-state index contributed by atoms with van der Waals surface area (Å²) in [5.41, 5.74) is 2.00. The van der Waals surface area contributed by atoms with Crippen molar-refractivity contribution < 1.29 is 9.90 Å². The van der Waals surface area contributed by atoms with Gasteiger partial charge < -0.3 is 5.11 Å². The van der Waals surface area contributed by atoms with Gasteiger partial charge in [0, 0.05) is 11.6 Å². The van der Waals surface area contributed by atoms with Gasteiger partial charge in [0.2, 0.25) is 0 Å². The number of fused-ring (bicyclic) bond motifs is 1. The average Bonchev–Trinajstić information content (AvgIpc) is 3.32. The Bertz CT molecular complexity index is 698. The largest absolute Gasteiger partial charge is 0.478 e. The molecule has 0 aromatic carbocycles. The topological polar surface area (TPSA) is 68.0 Å². The molecule has 0 amide bonds. The van der Waals surface area contributed by atoms with Crippen molar-refractivity contribution in [3.63, 3.8) is 0 Å². The number of carbonyl (C=O) groups is 1. The zero-order chi connectivity index (χ0) is 13.9. The van der Waals surface area contributed by atoms with Gasteiger partial charge in [0.15, 0.2) is 5.65 Å². The third-order valence-electron chi connectivity index (χ3n) is 4.50. The Balaban J connectivity index is 1.91. The van der Waals surface area contributed by atoms with Crippen LogP contribution in [0.25, 0.3) is 11.0 Å². The van der Waals surface area contributed by atoms with E-state index < -0.39 is 5.97 Å². The van der Waals surface area contributed by atoms with Crippen molar-refractivity contribution in [1.82, 2.24) is 14.8 Å². The SMILES string of the molecule is C[C@H](C1CC1)n1ncc2c(C(=O)O)cc(C3CC3)nc21. The minimum absolute atomic E-state index is 0.302. The van der Waals surface area contributed by atoms with Crippen LogP contribution in [-0.2, 0) is 0 Å². The van der Waals surface area contributed by atoms with E-state index in [4.69, 9.17) is 4.98 Å². The fourth-order valence-electron chi connectivity index (χ4n) is 2.88. The van der Waals surface area contributed by atoms with Gasteiger partial charge in [-0.2, -0.15) is 5.10 Å². The van der Waals surface area contributed by atoms with Crippen LogP contribution in [0.4, 0.5) is 0 Å². The van der Waals surface area contributed by atoms with Crippen molar-refractivity contribution >= 4 is 17.0 Å². The maximum absolute atomic E-state index is 11.5. The predicted octanol–water partition coefficient (Wildman–Crippen LogP) is 2.98. The molecule has 2 heterocycles. The summed E-state index contributed by atoms with van der Waals surface area (Å²) in [4.78, 5) is 16.2. The van der Waals surface area contributed by atoms with Crippen LogP contribution < -0.4 is 0 Å². The predicted molar refractivity (Wildman–Crippen MR) is 73.9 cm³/mol. The zero-order valence-corrected chi connectivity index (χ0v) is 11.4. The molecule has 0 saturated heterocycles. The molecule has 0 radical (unpaired) electrons. The Labute approximate surface area is 116 Å². The Morgan fingerprint density at radius 1 is 1.40 bits per heavy atom. The number of carboxylic acids is 1. The zero-order valence-electron chi connectivity index (χ0n) is 11.4. The fourth-order valence-corrected chi connectivity index (χ4v) is 2.88. The molecule has 2 aromatic rings. The van der Waals surface area contributed by atoms with Crippen molar-refractivity contribution in [2.75, 3.05) is 0 Å². The lowest BCUT2D eigenvalue weighted by atomic mass is 10.1. The molecule has 5 nitrogen and oxygen atoms in total. The first-order chi connectivity index (χ1) is 9.65. The van der Waals surface area contributed by atoms with Crippen LogP contribution in [0.5, 0.6) is 0 Å². The van der Waals surface area contributed by atoms with Crippen LogP contribution in [-0.4, -0.2) is 25.8 Å². The molecule has 5 heteroatoms. The standard InChI is InChI=1S/C15H17N3O2/c1-8(9-2-3-9)18-14-12(7-16-18)11(15(19)20)6-13(17-14)10-4-5-10/h6-10H,2-5H2,1H3,(H,19,20)/t8-/m1/s1. The molecule has 0 spiro atoms. The Kier molecular flexibility index (Phi) is 2.40. The van der Waals surface area contributed by atoms with Gasteiger partial charge in [-0.3, -0.25) is 0 Å². The second-order valence-electron chi connectivity index (χ2n) is 6.08. The van der Waals surface area contributed by atoms with Gasteiger partial charge in [-0.25, -0.2) is 14.5 Å². The maximum atomic E-state index is 11.5. The number of aromatic carboxylic acids is 1. The molecule has 0 aliphatic heterocycles. The molecule has 2 aliphatic rings. The van der Waals surface area contributed by atoms with Crippen LogP contribution in [0.2, 0.25) is 0 Å². The van der Waals surface area contributed by atoms with Gasteiger partial charge in [0.05, 0.1) is 23.2 Å². The molecule has 4 rings (SSSR count). The summed E-state index contributed by atoms with van der Waals surface area (Å²) in [6.07, 6.45) is 6.35. The minimum Gasteiger partial charge on any atom is -0.478 e. The van der Waals surface area contributed by atoms with E-state index in [0.717, 1.165) is 24.2 Å². The highest BCUT2D eigenvalue weighted by molar-refractivity contribution is 6.01. The van der Waals surface area contributed by atoms with Gasteiger partial charge >= 0.3 is 5.97 Å². The van der Waals surface area contributed by atoms with E-state index in [0.29, 0.717) is 28.8 Å². The second-order valence-corrected chi connectivity index (χ2v) is 6.08. The van der Waals surface area contributed by atoms with Crippen LogP contribution >= 0.6 is 0 Å². The molecular formula is C15H17N3O2. The van der Waals surface area contributed by atoms with Crippen molar-refractivity contribution in [2.45, 2.75) is 44.6 Å². The van der Waals surface area contributed by atoms with E-state index in [1.54, 1.807) is 12.3 Å². The summed E-state index contributed by atoms with van der Waals surface area (Å²) < 4.78 is 1.92. The summed E-state index contributed by atoms with van der Waals surface area (Å²) in [6, 6.07) is 2.03. The van der Waals surface area contributed by atoms with E-state index >= 15 is 0 Å². The van der Waals surface area contributed by atoms with Crippen molar-refractivity contribution in [3.8, 4) is 0 Å². The van der Waals surface area contributed by atoms with Gasteiger partial charge in [0.25, 0.3) is 0 Å². The molecule has 2 fully saturated rings. The lowest BCUT2D eigenvalue weighted by molar-refractivity contribution is 0.0699. The Morgan fingerprint density at radius 3 is 2.75 bits per heavy atom. The molecular weight excluding hydrogens is 254 g/mol. The number of carboxylic acid groups (broad SMARTS) is 1. The average molecular weight is 271 g/mol. The van der Waals surface area contributed by atoms with Crippen molar-refractivity contribution in [1.29, 1.82) is 0 Å². The monoisotopic (exact) mass is 271 g/mol. The molecule has 104 valence electrons. The van der Waals surface area contributed by atoms with E-state index in [-0.39, 0.29) is 0 Å². The first kappa shape index (κ1) is 11.9. The van der Waals surface area contributed by atoms with Gasteiger partial charge in [-0.05, 0) is 44.6 Å². The Hall–Kier alpha value is -1.91. The van der Waals surface area contributed by atoms with Crippen molar-refractivity contribution in [2.24, 2.45) is 5.92 Å². The number of nitrogens with zero attached hydrogens (tertiary/aromatic N) is 3. The molecule has 2 aromatic heterocycles. The summed E-state index contributed by atoms with van der Waals surface area (Å²) in [6.45, 7) is 2.15. The first-order valence-electron chi connectivity index (χ1n) is 7.26. The van der Waals surface area contributed by atoms with Gasteiger partial charge in [-0.15, -0.1) is 0 Å². The third kappa shape index (κ3) is 1.80. The van der Waals surface area contributed by atoms with E-state index in [1.165, 1.54) is 12.8 Å². The normalized spacial score (nSPS) is 20.2. The van der Waals surface area contributed by atoms with E-state index in [9.17, 15) is 9.90 Å². The lowest BCUT2D eigenvalue weighted by Crippen LogP contribution is -2.10. The van der Waals surface area contributed by atoms with E-state index in [1.807, 2.05) is 4.68 Å². The summed E-state index contributed by atoms with van der Waals surface area (Å²) >= 11 is 0. The number of hydrogen-bond acceptors (Lipinski definition) is 3. The van der Waals surface area contributed by atoms with Crippen LogP contribution in [0.3, 0.4) is 0 Å². The van der Waals surface area contributed by atoms with E-state index in [2.05, 4.69) is 12.0 Å². The smallest absolute Gasteiger partial charge is 0.336 e. The number of aromatic nitrogens is 3. The van der Waals surface area contributed by atoms with Crippen LogP contribution in [0.1, 0.15) is 60.6 Å². The summed E-state index contributed by atoms with van der Waals surface area (Å²) in [7, 11) is 0. The summed E-state index contributed by atoms with van der Waals surface area (Å²) in [5.74, 6) is 0.216. The highest BCUT2D eigenvalue weighted by atomic mass is 16.4. The quantitative estimate of drug-likeness (QED) is 0.928. The lowest BCUT2D eigenvalue weighted by Gasteiger charge is -2.12.